The maximum atomic E-state index is 3.96. The molecule has 0 radical (unpaired) electrons. The lowest BCUT2D eigenvalue weighted by Crippen LogP contribution is -2.16. The van der Waals surface area contributed by atoms with Crippen molar-refractivity contribution in [3.05, 3.63) is 0 Å². The molecule has 82 valence electrons. The fraction of sp³-hybridized carbons (Fsp3) is 0.667. The van der Waals surface area contributed by atoms with E-state index in [9.17, 15) is 0 Å². The SMILES string of the molecule is CC#CCCSc1nnnn1CCNC. The largest absolute Gasteiger partial charge is 0.318 e. The monoisotopic (exact) mass is 225 g/mol. The van der Waals surface area contributed by atoms with Crippen molar-refractivity contribution in [2.24, 2.45) is 0 Å². The molecule has 0 saturated heterocycles. The van der Waals surface area contributed by atoms with Crippen LogP contribution in [0.1, 0.15) is 13.3 Å². The van der Waals surface area contributed by atoms with Crippen LogP contribution >= 0.6 is 11.8 Å². The highest BCUT2D eigenvalue weighted by molar-refractivity contribution is 7.99. The third-order valence-corrected chi connectivity index (χ3v) is 2.67. The number of nitrogens with zero attached hydrogens (tertiary/aromatic N) is 4. The smallest absolute Gasteiger partial charge is 0.209 e. The highest BCUT2D eigenvalue weighted by Gasteiger charge is 2.04. The molecule has 0 fully saturated rings. The Balaban J connectivity index is 2.37. The quantitative estimate of drug-likeness (QED) is 0.431. The fourth-order valence-electron chi connectivity index (χ4n) is 0.976. The summed E-state index contributed by atoms with van der Waals surface area (Å²) in [4.78, 5) is 0. The first-order chi connectivity index (χ1) is 7.38. The van der Waals surface area contributed by atoms with E-state index in [1.165, 1.54) is 0 Å². The van der Waals surface area contributed by atoms with Crippen LogP contribution in [-0.4, -0.2) is 39.6 Å². The second kappa shape index (κ2) is 7.26. The van der Waals surface area contributed by atoms with Crippen LogP contribution in [0.15, 0.2) is 5.16 Å². The summed E-state index contributed by atoms with van der Waals surface area (Å²) < 4.78 is 1.81. The fourth-order valence-corrected chi connectivity index (χ4v) is 1.73. The molecule has 1 N–H and O–H groups in total. The van der Waals surface area contributed by atoms with E-state index in [1.54, 1.807) is 16.4 Å². The lowest BCUT2D eigenvalue weighted by atomic mass is 10.5. The van der Waals surface area contributed by atoms with Crippen molar-refractivity contribution in [1.82, 2.24) is 25.5 Å². The van der Waals surface area contributed by atoms with Gasteiger partial charge in [-0.2, -0.15) is 0 Å². The standard InChI is InChI=1S/C9H15N5S/c1-3-4-5-8-15-9-11-12-13-14(9)7-6-10-2/h10H,5-8H2,1-2H3. The van der Waals surface area contributed by atoms with Crippen LogP contribution in [0.4, 0.5) is 0 Å². The molecule has 0 aliphatic heterocycles. The molecule has 15 heavy (non-hydrogen) atoms. The third kappa shape index (κ3) is 4.32. The lowest BCUT2D eigenvalue weighted by molar-refractivity contribution is 0.530. The first-order valence-corrected chi connectivity index (χ1v) is 5.80. The van der Waals surface area contributed by atoms with Gasteiger partial charge in [0.2, 0.25) is 5.16 Å². The van der Waals surface area contributed by atoms with E-state index in [0.29, 0.717) is 0 Å². The molecule has 0 spiro atoms. The van der Waals surface area contributed by atoms with Gasteiger partial charge in [-0.05, 0) is 24.4 Å². The zero-order chi connectivity index (χ0) is 10.9. The van der Waals surface area contributed by atoms with E-state index >= 15 is 0 Å². The Hall–Kier alpha value is -1.06. The van der Waals surface area contributed by atoms with Crippen molar-refractivity contribution in [1.29, 1.82) is 0 Å². The van der Waals surface area contributed by atoms with Crippen LogP contribution in [-0.2, 0) is 6.54 Å². The predicted octanol–water partition coefficient (Wildman–Crippen LogP) is 0.398. The first kappa shape index (κ1) is 12.0. The summed E-state index contributed by atoms with van der Waals surface area (Å²) in [5.41, 5.74) is 0. The number of hydrogen-bond donors (Lipinski definition) is 1. The number of tetrazole rings is 1. The molecule has 0 bridgehead atoms. The molecule has 1 rings (SSSR count). The summed E-state index contributed by atoms with van der Waals surface area (Å²) in [5, 5.41) is 15.4. The van der Waals surface area contributed by atoms with E-state index in [1.807, 2.05) is 14.0 Å². The topological polar surface area (TPSA) is 55.6 Å². The molecule has 6 heteroatoms. The van der Waals surface area contributed by atoms with Crippen LogP contribution in [0.5, 0.6) is 0 Å². The molecule has 0 saturated carbocycles. The van der Waals surface area contributed by atoms with Gasteiger partial charge in [-0.1, -0.05) is 11.8 Å². The van der Waals surface area contributed by atoms with E-state index in [4.69, 9.17) is 0 Å². The molecule has 1 aromatic heterocycles. The second-order valence-corrected chi connectivity index (χ2v) is 3.88. The number of aromatic nitrogens is 4. The number of hydrogen-bond acceptors (Lipinski definition) is 5. The van der Waals surface area contributed by atoms with Gasteiger partial charge in [0, 0.05) is 18.7 Å². The molecule has 0 aliphatic rings. The zero-order valence-electron chi connectivity index (χ0n) is 9.03. The molecule has 0 amide bonds. The van der Waals surface area contributed by atoms with Crippen molar-refractivity contribution in [2.45, 2.75) is 25.0 Å². The van der Waals surface area contributed by atoms with E-state index in [-0.39, 0.29) is 0 Å². The van der Waals surface area contributed by atoms with Crippen molar-refractivity contribution in [2.75, 3.05) is 19.3 Å². The van der Waals surface area contributed by atoms with Crippen LogP contribution in [0.2, 0.25) is 0 Å². The normalized spacial score (nSPS) is 9.73. The summed E-state index contributed by atoms with van der Waals surface area (Å²) in [6.07, 6.45) is 0.875. The van der Waals surface area contributed by atoms with Gasteiger partial charge in [0.05, 0.1) is 6.54 Å². The molecular weight excluding hydrogens is 210 g/mol. The van der Waals surface area contributed by atoms with E-state index < -0.39 is 0 Å². The highest BCUT2D eigenvalue weighted by atomic mass is 32.2. The maximum Gasteiger partial charge on any atom is 0.209 e. The van der Waals surface area contributed by atoms with Crippen molar-refractivity contribution < 1.29 is 0 Å². The lowest BCUT2D eigenvalue weighted by Gasteiger charge is -2.01. The van der Waals surface area contributed by atoms with Gasteiger partial charge >= 0.3 is 0 Å². The molecule has 1 aromatic rings. The Morgan fingerprint density at radius 2 is 2.40 bits per heavy atom. The molecule has 0 aromatic carbocycles. The maximum absolute atomic E-state index is 3.96. The number of nitrogens with one attached hydrogen (secondary N) is 1. The number of likely N-dealkylation sites (N-methyl/N-ethyl adjacent to an activating group) is 1. The van der Waals surface area contributed by atoms with Gasteiger partial charge in [-0.15, -0.1) is 16.9 Å². The number of rotatable bonds is 6. The van der Waals surface area contributed by atoms with E-state index in [0.717, 1.165) is 30.4 Å². The third-order valence-electron chi connectivity index (χ3n) is 1.71. The minimum atomic E-state index is 0.797. The van der Waals surface area contributed by atoms with Crippen LogP contribution in [0.25, 0.3) is 0 Å². The van der Waals surface area contributed by atoms with Crippen LogP contribution in [0, 0.1) is 11.8 Å². The predicted molar refractivity (Wildman–Crippen MR) is 60.5 cm³/mol. The van der Waals surface area contributed by atoms with Crippen LogP contribution < -0.4 is 5.32 Å². The molecule has 0 unspecified atom stereocenters. The molecule has 0 atom stereocenters. The van der Waals surface area contributed by atoms with Gasteiger partial charge in [-0.3, -0.25) is 0 Å². The summed E-state index contributed by atoms with van der Waals surface area (Å²) in [6, 6.07) is 0. The highest BCUT2D eigenvalue weighted by Crippen LogP contribution is 2.13. The van der Waals surface area contributed by atoms with Gasteiger partial charge < -0.3 is 5.32 Å². The van der Waals surface area contributed by atoms with Gasteiger partial charge in [0.15, 0.2) is 0 Å². The van der Waals surface area contributed by atoms with Crippen molar-refractivity contribution >= 4 is 11.8 Å². The van der Waals surface area contributed by atoms with Crippen molar-refractivity contribution in [3.63, 3.8) is 0 Å². The molecule has 0 aliphatic carbocycles. The Labute approximate surface area is 94.0 Å². The Bertz CT molecular complexity index is 338. The molecule has 5 nitrogen and oxygen atoms in total. The minimum Gasteiger partial charge on any atom is -0.318 e. The van der Waals surface area contributed by atoms with Crippen LogP contribution in [0.3, 0.4) is 0 Å². The van der Waals surface area contributed by atoms with E-state index in [2.05, 4.69) is 32.7 Å². The summed E-state index contributed by atoms with van der Waals surface area (Å²) in [5.74, 6) is 6.81. The Morgan fingerprint density at radius 1 is 1.53 bits per heavy atom. The first-order valence-electron chi connectivity index (χ1n) is 4.81. The summed E-state index contributed by atoms with van der Waals surface area (Å²) in [7, 11) is 1.91. The summed E-state index contributed by atoms with van der Waals surface area (Å²) in [6.45, 7) is 3.51. The average molecular weight is 225 g/mol. The minimum absolute atomic E-state index is 0.797. The zero-order valence-corrected chi connectivity index (χ0v) is 9.84. The molecule has 1 heterocycles. The average Bonchev–Trinajstić information content (AvgIpc) is 2.69. The van der Waals surface area contributed by atoms with Gasteiger partial charge in [0.25, 0.3) is 0 Å². The Morgan fingerprint density at radius 3 is 3.13 bits per heavy atom. The van der Waals surface area contributed by atoms with Crippen molar-refractivity contribution in [3.8, 4) is 11.8 Å². The Kier molecular flexibility index (Phi) is 5.81. The number of thioether (sulfide) groups is 1. The summed E-state index contributed by atoms with van der Waals surface area (Å²) >= 11 is 1.64. The molecular formula is C9H15N5S. The second-order valence-electron chi connectivity index (χ2n) is 2.81. The van der Waals surface area contributed by atoms with Gasteiger partial charge in [-0.25, -0.2) is 4.68 Å². The van der Waals surface area contributed by atoms with Gasteiger partial charge in [0.1, 0.15) is 0 Å².